The SMILES string of the molecule is COc1ccc2c(CCCCN3C(C)(C)CCCC3(C)C)cccc2c1. The fourth-order valence-corrected chi connectivity index (χ4v) is 4.91. The number of likely N-dealkylation sites (tertiary alicyclic amines) is 1. The summed E-state index contributed by atoms with van der Waals surface area (Å²) in [5, 5.41) is 2.65. The third-order valence-electron chi connectivity index (χ3n) is 6.29. The highest BCUT2D eigenvalue weighted by Gasteiger charge is 2.40. The van der Waals surface area contributed by atoms with Crippen LogP contribution in [-0.2, 0) is 6.42 Å². The first-order valence-electron chi connectivity index (χ1n) is 10.2. The maximum Gasteiger partial charge on any atom is 0.119 e. The van der Waals surface area contributed by atoms with E-state index in [4.69, 9.17) is 4.74 Å². The average molecular weight is 354 g/mol. The number of rotatable bonds is 6. The Morgan fingerprint density at radius 1 is 0.962 bits per heavy atom. The summed E-state index contributed by atoms with van der Waals surface area (Å²) < 4.78 is 5.36. The summed E-state index contributed by atoms with van der Waals surface area (Å²) >= 11 is 0. The van der Waals surface area contributed by atoms with E-state index in [0.717, 1.165) is 12.2 Å². The third-order valence-corrected chi connectivity index (χ3v) is 6.29. The minimum absolute atomic E-state index is 0.331. The molecule has 0 aliphatic carbocycles. The molecular weight excluding hydrogens is 318 g/mol. The van der Waals surface area contributed by atoms with Gasteiger partial charge in [0.1, 0.15) is 5.75 Å². The molecule has 0 aromatic heterocycles. The van der Waals surface area contributed by atoms with Gasteiger partial charge >= 0.3 is 0 Å². The number of benzene rings is 2. The van der Waals surface area contributed by atoms with Crippen LogP contribution in [0.4, 0.5) is 0 Å². The molecule has 0 spiro atoms. The molecule has 0 amide bonds. The molecule has 1 saturated heterocycles. The Bertz CT molecular complexity index is 731. The van der Waals surface area contributed by atoms with Crippen molar-refractivity contribution in [1.82, 2.24) is 4.90 Å². The summed E-state index contributed by atoms with van der Waals surface area (Å²) in [5.41, 5.74) is 2.12. The summed E-state index contributed by atoms with van der Waals surface area (Å²) in [6, 6.07) is 13.1. The van der Waals surface area contributed by atoms with Gasteiger partial charge < -0.3 is 4.74 Å². The maximum atomic E-state index is 5.36. The van der Waals surface area contributed by atoms with E-state index in [-0.39, 0.29) is 0 Å². The van der Waals surface area contributed by atoms with Crippen LogP contribution in [0.5, 0.6) is 5.75 Å². The van der Waals surface area contributed by atoms with Gasteiger partial charge in [0.25, 0.3) is 0 Å². The van der Waals surface area contributed by atoms with Crippen molar-refractivity contribution in [3.8, 4) is 5.75 Å². The lowest BCUT2D eigenvalue weighted by atomic mass is 9.79. The van der Waals surface area contributed by atoms with Gasteiger partial charge in [-0.25, -0.2) is 0 Å². The zero-order valence-electron chi connectivity index (χ0n) is 17.3. The lowest BCUT2D eigenvalue weighted by Crippen LogP contribution is -2.58. The number of methoxy groups -OCH3 is 1. The molecule has 0 N–H and O–H groups in total. The van der Waals surface area contributed by atoms with Crippen LogP contribution in [0.2, 0.25) is 0 Å². The fraction of sp³-hybridized carbons (Fsp3) is 0.583. The van der Waals surface area contributed by atoms with E-state index < -0.39 is 0 Å². The Morgan fingerprint density at radius 3 is 2.38 bits per heavy atom. The van der Waals surface area contributed by atoms with E-state index in [1.165, 1.54) is 55.0 Å². The maximum absolute atomic E-state index is 5.36. The first-order valence-corrected chi connectivity index (χ1v) is 10.2. The molecule has 0 radical (unpaired) electrons. The molecule has 2 aromatic carbocycles. The standard InChI is InChI=1S/C24H35NO/c1-23(2)15-9-16-24(3,4)25(23)17-7-6-10-19-11-8-12-20-18-21(26-5)13-14-22(19)20/h8,11-14,18H,6-7,9-10,15-17H2,1-5H3. The van der Waals surface area contributed by atoms with Crippen molar-refractivity contribution >= 4 is 10.8 Å². The van der Waals surface area contributed by atoms with Crippen LogP contribution in [0.3, 0.4) is 0 Å². The Hall–Kier alpha value is -1.54. The van der Waals surface area contributed by atoms with E-state index in [1.54, 1.807) is 7.11 Å². The van der Waals surface area contributed by atoms with Crippen molar-refractivity contribution in [2.24, 2.45) is 0 Å². The van der Waals surface area contributed by atoms with Crippen LogP contribution in [0.1, 0.15) is 65.4 Å². The molecule has 2 nitrogen and oxygen atoms in total. The second-order valence-corrected chi connectivity index (χ2v) is 9.09. The number of piperidine rings is 1. The summed E-state index contributed by atoms with van der Waals surface area (Å²) in [6.07, 6.45) is 7.66. The van der Waals surface area contributed by atoms with Gasteiger partial charge in [-0.3, -0.25) is 4.90 Å². The Morgan fingerprint density at radius 2 is 1.69 bits per heavy atom. The van der Waals surface area contributed by atoms with Gasteiger partial charge in [-0.1, -0.05) is 24.3 Å². The number of nitrogens with zero attached hydrogens (tertiary/aromatic N) is 1. The molecule has 1 aliphatic rings. The molecule has 1 aliphatic heterocycles. The van der Waals surface area contributed by atoms with Gasteiger partial charge in [0, 0.05) is 11.1 Å². The van der Waals surface area contributed by atoms with Gasteiger partial charge in [-0.15, -0.1) is 0 Å². The molecule has 0 saturated carbocycles. The van der Waals surface area contributed by atoms with Gasteiger partial charge in [0.05, 0.1) is 7.11 Å². The van der Waals surface area contributed by atoms with Crippen molar-refractivity contribution < 1.29 is 4.74 Å². The fourth-order valence-electron chi connectivity index (χ4n) is 4.91. The number of fused-ring (bicyclic) bond motifs is 1. The number of hydrogen-bond donors (Lipinski definition) is 0. The summed E-state index contributed by atoms with van der Waals surface area (Å²) in [4.78, 5) is 2.76. The van der Waals surface area contributed by atoms with Gasteiger partial charge in [-0.05, 0) is 101 Å². The normalized spacial score (nSPS) is 19.6. The molecule has 0 unspecified atom stereocenters. The molecule has 26 heavy (non-hydrogen) atoms. The molecule has 142 valence electrons. The van der Waals surface area contributed by atoms with E-state index in [2.05, 4.69) is 69.0 Å². The third kappa shape index (κ3) is 4.06. The predicted octanol–water partition coefficient (Wildman–Crippen LogP) is 6.21. The Labute approximate surface area is 159 Å². The number of unbranched alkanes of at least 4 members (excludes halogenated alkanes) is 1. The highest BCUT2D eigenvalue weighted by atomic mass is 16.5. The van der Waals surface area contributed by atoms with Crippen molar-refractivity contribution in [3.63, 3.8) is 0 Å². The van der Waals surface area contributed by atoms with E-state index in [9.17, 15) is 0 Å². The van der Waals surface area contributed by atoms with Gasteiger partial charge in [0.2, 0.25) is 0 Å². The molecule has 1 fully saturated rings. The highest BCUT2D eigenvalue weighted by Crippen LogP contribution is 2.38. The second-order valence-electron chi connectivity index (χ2n) is 9.09. The zero-order valence-corrected chi connectivity index (χ0v) is 17.3. The van der Waals surface area contributed by atoms with Crippen molar-refractivity contribution in [1.29, 1.82) is 0 Å². The zero-order chi connectivity index (χ0) is 18.8. The number of hydrogen-bond acceptors (Lipinski definition) is 2. The summed E-state index contributed by atoms with van der Waals surface area (Å²) in [6.45, 7) is 10.9. The van der Waals surface area contributed by atoms with Crippen LogP contribution in [0.25, 0.3) is 10.8 Å². The van der Waals surface area contributed by atoms with E-state index >= 15 is 0 Å². The van der Waals surface area contributed by atoms with Crippen LogP contribution >= 0.6 is 0 Å². The molecule has 2 heteroatoms. The minimum Gasteiger partial charge on any atom is -0.497 e. The monoisotopic (exact) mass is 353 g/mol. The summed E-state index contributed by atoms with van der Waals surface area (Å²) in [7, 11) is 1.73. The van der Waals surface area contributed by atoms with Crippen LogP contribution in [0.15, 0.2) is 36.4 Å². The minimum atomic E-state index is 0.331. The van der Waals surface area contributed by atoms with Crippen LogP contribution in [0, 0.1) is 0 Å². The lowest BCUT2D eigenvalue weighted by Gasteiger charge is -2.53. The van der Waals surface area contributed by atoms with Gasteiger partial charge in [-0.2, -0.15) is 0 Å². The number of ether oxygens (including phenoxy) is 1. The first kappa shape index (κ1) is 19.2. The molecular formula is C24H35NO. The lowest BCUT2D eigenvalue weighted by molar-refractivity contribution is -0.0275. The van der Waals surface area contributed by atoms with Crippen molar-refractivity contribution in [2.45, 2.75) is 77.3 Å². The average Bonchev–Trinajstić information content (AvgIpc) is 2.59. The highest BCUT2D eigenvalue weighted by molar-refractivity contribution is 5.87. The molecule has 0 atom stereocenters. The van der Waals surface area contributed by atoms with E-state index in [0.29, 0.717) is 11.1 Å². The first-order chi connectivity index (χ1) is 12.3. The smallest absolute Gasteiger partial charge is 0.119 e. The molecule has 2 aromatic rings. The van der Waals surface area contributed by atoms with Gasteiger partial charge in [0.15, 0.2) is 0 Å². The Balaban J connectivity index is 1.62. The van der Waals surface area contributed by atoms with E-state index in [1.807, 2.05) is 0 Å². The van der Waals surface area contributed by atoms with Crippen LogP contribution in [-0.4, -0.2) is 29.6 Å². The van der Waals surface area contributed by atoms with Crippen molar-refractivity contribution in [3.05, 3.63) is 42.0 Å². The summed E-state index contributed by atoms with van der Waals surface area (Å²) in [5.74, 6) is 0.934. The van der Waals surface area contributed by atoms with Crippen molar-refractivity contribution in [2.75, 3.05) is 13.7 Å². The molecule has 3 rings (SSSR count). The largest absolute Gasteiger partial charge is 0.497 e. The number of aryl methyl sites for hydroxylation is 1. The molecule has 0 bridgehead atoms. The second kappa shape index (κ2) is 7.60. The quantitative estimate of drug-likeness (QED) is 0.572. The predicted molar refractivity (Wildman–Crippen MR) is 112 cm³/mol. The molecule has 1 heterocycles. The Kier molecular flexibility index (Phi) is 5.62. The topological polar surface area (TPSA) is 12.5 Å². The van der Waals surface area contributed by atoms with Crippen LogP contribution < -0.4 is 4.74 Å².